The summed E-state index contributed by atoms with van der Waals surface area (Å²) in [6.45, 7) is 0.696. The summed E-state index contributed by atoms with van der Waals surface area (Å²) in [5, 5.41) is 3.94. The lowest BCUT2D eigenvalue weighted by Gasteiger charge is -2.00. The summed E-state index contributed by atoms with van der Waals surface area (Å²) in [4.78, 5) is 4.92. The smallest absolute Gasteiger partial charge is 0.122 e. The van der Waals surface area contributed by atoms with Crippen LogP contribution in [0.5, 0.6) is 5.75 Å². The van der Waals surface area contributed by atoms with Gasteiger partial charge in [0, 0.05) is 6.42 Å². The van der Waals surface area contributed by atoms with Gasteiger partial charge in [-0.1, -0.05) is 5.16 Å². The van der Waals surface area contributed by atoms with Crippen LogP contribution >= 0.6 is 0 Å². The largest absolute Gasteiger partial charge is 0.497 e. The van der Waals surface area contributed by atoms with Gasteiger partial charge in [-0.05, 0) is 29.8 Å². The first-order chi connectivity index (χ1) is 6.40. The predicted molar refractivity (Wildman–Crippen MR) is 50.1 cm³/mol. The van der Waals surface area contributed by atoms with Crippen molar-refractivity contribution in [2.45, 2.75) is 6.42 Å². The van der Waals surface area contributed by atoms with E-state index in [1.54, 1.807) is 7.11 Å². The van der Waals surface area contributed by atoms with Gasteiger partial charge in [-0.15, -0.1) is 0 Å². The lowest BCUT2D eigenvalue weighted by atomic mass is 10.1. The summed E-state index contributed by atoms with van der Waals surface area (Å²) in [5.41, 5.74) is 2.13. The predicted octanol–water partition coefficient (Wildman–Crippen LogP) is 1.82. The highest BCUT2D eigenvalue weighted by Crippen LogP contribution is 2.15. The lowest BCUT2D eigenvalue weighted by molar-refractivity contribution is 0.174. The minimum absolute atomic E-state index is 0.696. The van der Waals surface area contributed by atoms with Gasteiger partial charge in [0.1, 0.15) is 12.4 Å². The highest BCUT2D eigenvalue weighted by atomic mass is 16.6. The number of hydrogen-bond donors (Lipinski definition) is 0. The molecule has 1 aromatic carbocycles. The number of ether oxygens (including phenoxy) is 1. The highest BCUT2D eigenvalue weighted by molar-refractivity contribution is 6.00. The first-order valence-corrected chi connectivity index (χ1v) is 4.23. The number of hydrogen-bond acceptors (Lipinski definition) is 3. The topological polar surface area (TPSA) is 30.8 Å². The van der Waals surface area contributed by atoms with Crippen LogP contribution in [-0.4, -0.2) is 19.4 Å². The van der Waals surface area contributed by atoms with Gasteiger partial charge in [0.05, 0.1) is 12.8 Å². The number of rotatable bonds is 2. The van der Waals surface area contributed by atoms with Crippen LogP contribution in [-0.2, 0) is 4.84 Å². The zero-order valence-corrected chi connectivity index (χ0v) is 7.49. The molecule has 0 fully saturated rings. The zero-order valence-electron chi connectivity index (χ0n) is 7.49. The SMILES string of the molecule is COc1ccc(C2=NOCC2)cc1. The zero-order chi connectivity index (χ0) is 9.10. The van der Waals surface area contributed by atoms with Gasteiger partial charge in [-0.25, -0.2) is 0 Å². The molecule has 0 aromatic heterocycles. The number of nitrogens with zero attached hydrogens (tertiary/aromatic N) is 1. The summed E-state index contributed by atoms with van der Waals surface area (Å²) in [5.74, 6) is 0.864. The van der Waals surface area contributed by atoms with Crippen molar-refractivity contribution in [1.29, 1.82) is 0 Å². The fourth-order valence-corrected chi connectivity index (χ4v) is 1.29. The van der Waals surface area contributed by atoms with Crippen LogP contribution in [0.1, 0.15) is 12.0 Å². The Balaban J connectivity index is 2.22. The molecular weight excluding hydrogens is 166 g/mol. The fraction of sp³-hybridized carbons (Fsp3) is 0.300. The van der Waals surface area contributed by atoms with Crippen LogP contribution in [0.2, 0.25) is 0 Å². The third kappa shape index (κ3) is 1.64. The Labute approximate surface area is 77.0 Å². The molecule has 1 aliphatic heterocycles. The third-order valence-corrected chi connectivity index (χ3v) is 2.03. The summed E-state index contributed by atoms with van der Waals surface area (Å²) < 4.78 is 5.06. The molecule has 0 bridgehead atoms. The molecule has 0 spiro atoms. The van der Waals surface area contributed by atoms with E-state index >= 15 is 0 Å². The minimum Gasteiger partial charge on any atom is -0.497 e. The summed E-state index contributed by atoms with van der Waals surface area (Å²) >= 11 is 0. The second-order valence-electron chi connectivity index (χ2n) is 2.85. The molecule has 3 heteroatoms. The number of oxime groups is 1. The monoisotopic (exact) mass is 177 g/mol. The van der Waals surface area contributed by atoms with E-state index in [4.69, 9.17) is 9.57 Å². The molecule has 0 atom stereocenters. The molecule has 0 radical (unpaired) electrons. The van der Waals surface area contributed by atoms with Crippen molar-refractivity contribution in [3.8, 4) is 5.75 Å². The average Bonchev–Trinajstić information content (AvgIpc) is 2.71. The lowest BCUT2D eigenvalue weighted by Crippen LogP contribution is -1.96. The van der Waals surface area contributed by atoms with E-state index in [1.807, 2.05) is 24.3 Å². The van der Waals surface area contributed by atoms with E-state index in [0.29, 0.717) is 6.61 Å². The molecule has 2 rings (SSSR count). The molecule has 1 aromatic rings. The van der Waals surface area contributed by atoms with Gasteiger partial charge in [-0.2, -0.15) is 0 Å². The van der Waals surface area contributed by atoms with Crippen molar-refractivity contribution in [2.75, 3.05) is 13.7 Å². The maximum Gasteiger partial charge on any atom is 0.122 e. The van der Waals surface area contributed by atoms with Gasteiger partial charge in [-0.3, -0.25) is 0 Å². The first kappa shape index (κ1) is 8.10. The van der Waals surface area contributed by atoms with E-state index in [-0.39, 0.29) is 0 Å². The van der Waals surface area contributed by atoms with E-state index in [2.05, 4.69) is 5.16 Å². The van der Waals surface area contributed by atoms with Crippen LogP contribution in [0.3, 0.4) is 0 Å². The van der Waals surface area contributed by atoms with E-state index < -0.39 is 0 Å². The minimum atomic E-state index is 0.696. The molecule has 0 saturated carbocycles. The quantitative estimate of drug-likeness (QED) is 0.689. The Morgan fingerprint density at radius 3 is 2.62 bits per heavy atom. The standard InChI is InChI=1S/C10H11NO2/c1-12-9-4-2-8(3-5-9)10-6-7-13-11-10/h2-5H,6-7H2,1H3. The molecular formula is C10H11NO2. The average molecular weight is 177 g/mol. The second-order valence-corrected chi connectivity index (χ2v) is 2.85. The highest BCUT2D eigenvalue weighted by Gasteiger charge is 2.09. The van der Waals surface area contributed by atoms with Crippen LogP contribution in [0.25, 0.3) is 0 Å². The number of benzene rings is 1. The normalized spacial score (nSPS) is 15.0. The molecule has 0 unspecified atom stereocenters. The molecule has 0 aliphatic carbocycles. The van der Waals surface area contributed by atoms with Gasteiger partial charge in [0.2, 0.25) is 0 Å². The molecule has 3 nitrogen and oxygen atoms in total. The molecule has 68 valence electrons. The van der Waals surface area contributed by atoms with Crippen molar-refractivity contribution < 1.29 is 9.57 Å². The van der Waals surface area contributed by atoms with Crippen molar-refractivity contribution in [2.24, 2.45) is 5.16 Å². The molecule has 1 aliphatic rings. The Morgan fingerprint density at radius 2 is 2.08 bits per heavy atom. The molecule has 0 amide bonds. The van der Waals surface area contributed by atoms with Gasteiger partial charge >= 0.3 is 0 Å². The van der Waals surface area contributed by atoms with E-state index in [1.165, 1.54) is 0 Å². The number of methoxy groups -OCH3 is 1. The Hall–Kier alpha value is -1.51. The Kier molecular flexibility index (Phi) is 2.17. The fourth-order valence-electron chi connectivity index (χ4n) is 1.29. The maximum atomic E-state index is 5.06. The molecule has 13 heavy (non-hydrogen) atoms. The maximum absolute atomic E-state index is 5.06. The van der Waals surface area contributed by atoms with Crippen molar-refractivity contribution in [3.63, 3.8) is 0 Å². The van der Waals surface area contributed by atoms with Crippen LogP contribution in [0.15, 0.2) is 29.4 Å². The summed E-state index contributed by atoms with van der Waals surface area (Å²) in [6.07, 6.45) is 0.895. The van der Waals surface area contributed by atoms with Gasteiger partial charge < -0.3 is 9.57 Å². The summed E-state index contributed by atoms with van der Waals surface area (Å²) in [6, 6.07) is 7.84. The third-order valence-electron chi connectivity index (χ3n) is 2.03. The van der Waals surface area contributed by atoms with Crippen molar-refractivity contribution in [1.82, 2.24) is 0 Å². The van der Waals surface area contributed by atoms with Gasteiger partial charge in [0.15, 0.2) is 0 Å². The summed E-state index contributed by atoms with van der Waals surface area (Å²) in [7, 11) is 1.66. The van der Waals surface area contributed by atoms with E-state index in [9.17, 15) is 0 Å². The van der Waals surface area contributed by atoms with Crippen LogP contribution < -0.4 is 4.74 Å². The molecule has 1 heterocycles. The van der Waals surface area contributed by atoms with Crippen LogP contribution in [0.4, 0.5) is 0 Å². The van der Waals surface area contributed by atoms with Crippen LogP contribution in [0, 0.1) is 0 Å². The molecule has 0 N–H and O–H groups in total. The first-order valence-electron chi connectivity index (χ1n) is 4.23. The Morgan fingerprint density at radius 1 is 1.31 bits per heavy atom. The molecule has 0 saturated heterocycles. The van der Waals surface area contributed by atoms with Gasteiger partial charge in [0.25, 0.3) is 0 Å². The Bertz CT molecular complexity index is 316. The van der Waals surface area contributed by atoms with Crippen molar-refractivity contribution in [3.05, 3.63) is 29.8 Å². The van der Waals surface area contributed by atoms with Crippen molar-refractivity contribution >= 4 is 5.71 Å². The second kappa shape index (κ2) is 3.47. The van der Waals surface area contributed by atoms with E-state index in [0.717, 1.165) is 23.4 Å².